The van der Waals surface area contributed by atoms with Gasteiger partial charge in [0, 0.05) is 25.2 Å². The summed E-state index contributed by atoms with van der Waals surface area (Å²) in [5.41, 5.74) is 0.527. The number of rotatable bonds is 3. The highest BCUT2D eigenvalue weighted by Gasteiger charge is 2.26. The number of nitrogens with zero attached hydrogens (tertiary/aromatic N) is 2. The van der Waals surface area contributed by atoms with Gasteiger partial charge in [0.25, 0.3) is 0 Å². The molecule has 5 nitrogen and oxygen atoms in total. The predicted molar refractivity (Wildman–Crippen MR) is 77.3 cm³/mol. The Hall–Kier alpha value is -1.24. The van der Waals surface area contributed by atoms with E-state index >= 15 is 0 Å². The first-order valence-electron chi connectivity index (χ1n) is 6.71. The first-order valence-corrected chi connectivity index (χ1v) is 8.15. The van der Waals surface area contributed by atoms with Crippen LogP contribution in [0.15, 0.2) is 29.2 Å². The number of likely N-dealkylation sites (N-methyl/N-ethyl adjacent to an activating group) is 1. The van der Waals surface area contributed by atoms with Crippen LogP contribution in [0.2, 0.25) is 0 Å². The lowest BCUT2D eigenvalue weighted by Gasteiger charge is -2.20. The number of carbonyl (C=O) groups excluding carboxylic acids is 1. The van der Waals surface area contributed by atoms with Gasteiger partial charge in [-0.3, -0.25) is 4.79 Å². The number of Topliss-reactive ketones (excluding diaryl/α,β-unsaturated/α-hetero) is 1. The van der Waals surface area contributed by atoms with Crippen molar-refractivity contribution < 1.29 is 13.2 Å². The Kier molecular flexibility index (Phi) is 4.57. The number of carbonyl (C=O) groups is 1. The molecule has 1 fully saturated rings. The van der Waals surface area contributed by atoms with E-state index in [4.69, 9.17) is 0 Å². The summed E-state index contributed by atoms with van der Waals surface area (Å²) in [5.74, 6) is -0.0645. The number of sulfonamides is 1. The van der Waals surface area contributed by atoms with Crippen LogP contribution in [0, 0.1) is 0 Å². The predicted octanol–water partition coefficient (Wildman–Crippen LogP) is 1.22. The molecule has 0 N–H and O–H groups in total. The van der Waals surface area contributed by atoms with Crippen LogP contribution in [-0.2, 0) is 10.0 Å². The summed E-state index contributed by atoms with van der Waals surface area (Å²) >= 11 is 0. The third-order valence-electron chi connectivity index (χ3n) is 3.58. The number of hydrogen-bond acceptors (Lipinski definition) is 4. The van der Waals surface area contributed by atoms with Crippen molar-refractivity contribution in [1.82, 2.24) is 9.21 Å². The van der Waals surface area contributed by atoms with Crippen LogP contribution in [-0.4, -0.2) is 56.6 Å². The van der Waals surface area contributed by atoms with E-state index in [0.717, 1.165) is 19.5 Å². The fourth-order valence-corrected chi connectivity index (χ4v) is 3.74. The maximum absolute atomic E-state index is 12.6. The second-order valence-electron chi connectivity index (χ2n) is 5.14. The van der Waals surface area contributed by atoms with Crippen LogP contribution in [0.4, 0.5) is 0 Å². The Morgan fingerprint density at radius 2 is 1.70 bits per heavy atom. The molecular formula is C14H20N2O3S. The molecule has 0 atom stereocenters. The van der Waals surface area contributed by atoms with E-state index in [9.17, 15) is 13.2 Å². The van der Waals surface area contributed by atoms with Crippen molar-refractivity contribution in [2.75, 3.05) is 33.2 Å². The van der Waals surface area contributed by atoms with Crippen molar-refractivity contribution in [3.8, 4) is 0 Å². The third kappa shape index (κ3) is 3.26. The van der Waals surface area contributed by atoms with E-state index < -0.39 is 10.0 Å². The van der Waals surface area contributed by atoms with Gasteiger partial charge in [0.2, 0.25) is 10.0 Å². The van der Waals surface area contributed by atoms with Crippen LogP contribution in [0.25, 0.3) is 0 Å². The van der Waals surface area contributed by atoms with E-state index in [1.54, 1.807) is 12.1 Å². The molecule has 20 heavy (non-hydrogen) atoms. The van der Waals surface area contributed by atoms with Crippen LogP contribution in [0.1, 0.15) is 23.7 Å². The van der Waals surface area contributed by atoms with Crippen LogP contribution in [0.5, 0.6) is 0 Å². The summed E-state index contributed by atoms with van der Waals surface area (Å²) in [4.78, 5) is 13.6. The zero-order valence-corrected chi connectivity index (χ0v) is 12.7. The Labute approximate surface area is 120 Å². The molecule has 0 aromatic heterocycles. The third-order valence-corrected chi connectivity index (χ3v) is 5.49. The molecule has 0 amide bonds. The molecule has 2 rings (SSSR count). The average molecular weight is 296 g/mol. The quantitative estimate of drug-likeness (QED) is 0.787. The molecule has 0 spiro atoms. The minimum absolute atomic E-state index is 0.0645. The second kappa shape index (κ2) is 6.03. The molecule has 1 aromatic carbocycles. The SMILES string of the molecule is CC(=O)c1ccc(S(=O)(=O)N2CCCN(C)CC2)cc1. The van der Waals surface area contributed by atoms with Gasteiger partial charge in [-0.2, -0.15) is 4.31 Å². The summed E-state index contributed by atoms with van der Waals surface area (Å²) in [7, 11) is -1.46. The molecule has 6 heteroatoms. The van der Waals surface area contributed by atoms with Gasteiger partial charge in [-0.05, 0) is 39.1 Å². The van der Waals surface area contributed by atoms with Crippen molar-refractivity contribution >= 4 is 15.8 Å². The molecule has 1 aliphatic rings. The number of ketones is 1. The molecule has 0 aliphatic carbocycles. The first kappa shape index (κ1) is 15.2. The van der Waals surface area contributed by atoms with Gasteiger partial charge < -0.3 is 4.90 Å². The molecule has 0 radical (unpaired) electrons. The molecule has 1 aromatic rings. The maximum Gasteiger partial charge on any atom is 0.243 e. The van der Waals surface area contributed by atoms with Crippen LogP contribution in [0.3, 0.4) is 0 Å². The summed E-state index contributed by atoms with van der Waals surface area (Å²) in [5, 5.41) is 0. The Balaban J connectivity index is 2.23. The van der Waals surface area contributed by atoms with Gasteiger partial charge in [-0.15, -0.1) is 0 Å². The Bertz CT molecular complexity index is 581. The monoisotopic (exact) mass is 296 g/mol. The normalized spacial score (nSPS) is 18.7. The highest BCUT2D eigenvalue weighted by Crippen LogP contribution is 2.18. The van der Waals surface area contributed by atoms with E-state index in [1.165, 1.54) is 23.4 Å². The Morgan fingerprint density at radius 3 is 2.30 bits per heavy atom. The second-order valence-corrected chi connectivity index (χ2v) is 7.08. The smallest absolute Gasteiger partial charge is 0.243 e. The molecule has 0 saturated carbocycles. The van der Waals surface area contributed by atoms with Crippen molar-refractivity contribution in [3.05, 3.63) is 29.8 Å². The minimum Gasteiger partial charge on any atom is -0.305 e. The summed E-state index contributed by atoms with van der Waals surface area (Å²) in [6, 6.07) is 6.17. The summed E-state index contributed by atoms with van der Waals surface area (Å²) in [6.07, 6.45) is 0.835. The van der Waals surface area contributed by atoms with E-state index in [-0.39, 0.29) is 10.7 Å². The molecular weight excluding hydrogens is 276 g/mol. The van der Waals surface area contributed by atoms with E-state index in [0.29, 0.717) is 18.7 Å². The largest absolute Gasteiger partial charge is 0.305 e. The average Bonchev–Trinajstić information content (AvgIpc) is 2.64. The zero-order valence-electron chi connectivity index (χ0n) is 11.9. The van der Waals surface area contributed by atoms with Crippen molar-refractivity contribution in [3.63, 3.8) is 0 Å². The minimum atomic E-state index is -3.46. The summed E-state index contributed by atoms with van der Waals surface area (Å²) < 4.78 is 26.6. The fourth-order valence-electron chi connectivity index (χ4n) is 2.27. The van der Waals surface area contributed by atoms with Gasteiger partial charge >= 0.3 is 0 Å². The highest BCUT2D eigenvalue weighted by atomic mass is 32.2. The lowest BCUT2D eigenvalue weighted by Crippen LogP contribution is -2.34. The molecule has 1 saturated heterocycles. The van der Waals surface area contributed by atoms with E-state index in [2.05, 4.69) is 4.90 Å². The highest BCUT2D eigenvalue weighted by molar-refractivity contribution is 7.89. The van der Waals surface area contributed by atoms with Gasteiger partial charge in [-0.1, -0.05) is 12.1 Å². The topological polar surface area (TPSA) is 57.7 Å². The van der Waals surface area contributed by atoms with Crippen molar-refractivity contribution in [2.45, 2.75) is 18.2 Å². The molecule has 110 valence electrons. The van der Waals surface area contributed by atoms with E-state index in [1.807, 2.05) is 7.05 Å². The van der Waals surface area contributed by atoms with Gasteiger partial charge in [-0.25, -0.2) is 8.42 Å². The molecule has 1 heterocycles. The number of benzene rings is 1. The fraction of sp³-hybridized carbons (Fsp3) is 0.500. The standard InChI is InChI=1S/C14H20N2O3S/c1-12(17)13-4-6-14(7-5-13)20(18,19)16-9-3-8-15(2)10-11-16/h4-7H,3,8-11H2,1-2H3. The van der Waals surface area contributed by atoms with Crippen molar-refractivity contribution in [2.24, 2.45) is 0 Å². The van der Waals surface area contributed by atoms with Crippen LogP contribution >= 0.6 is 0 Å². The van der Waals surface area contributed by atoms with Gasteiger partial charge in [0.05, 0.1) is 4.90 Å². The Morgan fingerprint density at radius 1 is 1.05 bits per heavy atom. The van der Waals surface area contributed by atoms with Gasteiger partial charge in [0.1, 0.15) is 0 Å². The van der Waals surface area contributed by atoms with Crippen LogP contribution < -0.4 is 0 Å². The maximum atomic E-state index is 12.6. The summed E-state index contributed by atoms with van der Waals surface area (Å²) in [6.45, 7) is 4.17. The van der Waals surface area contributed by atoms with Crippen molar-refractivity contribution in [1.29, 1.82) is 0 Å². The molecule has 0 unspecified atom stereocenters. The lowest BCUT2D eigenvalue weighted by molar-refractivity contribution is 0.101. The first-order chi connectivity index (χ1) is 9.41. The molecule has 1 aliphatic heterocycles. The zero-order chi connectivity index (χ0) is 14.8. The van der Waals surface area contributed by atoms with Gasteiger partial charge in [0.15, 0.2) is 5.78 Å². The molecule has 0 bridgehead atoms. The lowest BCUT2D eigenvalue weighted by atomic mass is 10.2. The number of hydrogen-bond donors (Lipinski definition) is 0.